The second-order valence-corrected chi connectivity index (χ2v) is 13.6. The summed E-state index contributed by atoms with van der Waals surface area (Å²) >= 11 is 1.43. The van der Waals surface area contributed by atoms with Gasteiger partial charge < -0.3 is 14.4 Å². The minimum Gasteiger partial charge on any atom is -0.492 e. The number of fused-ring (bicyclic) bond motifs is 4. The highest BCUT2D eigenvalue weighted by Crippen LogP contribution is 2.48. The molecule has 1 saturated carbocycles. The van der Waals surface area contributed by atoms with Gasteiger partial charge in [0.25, 0.3) is 0 Å². The first-order chi connectivity index (χ1) is 20.3. The van der Waals surface area contributed by atoms with Gasteiger partial charge in [0.05, 0.1) is 23.5 Å². The van der Waals surface area contributed by atoms with Crippen molar-refractivity contribution in [2.75, 3.05) is 30.9 Å². The molecule has 42 heavy (non-hydrogen) atoms. The second kappa shape index (κ2) is 12.1. The van der Waals surface area contributed by atoms with Gasteiger partial charge in [0, 0.05) is 61.0 Å². The number of carbonyl (C=O) groups excluding carboxylic acids is 1. The van der Waals surface area contributed by atoms with Crippen LogP contribution in [-0.4, -0.2) is 57.8 Å². The molecule has 2 aromatic carbocycles. The maximum atomic E-state index is 14.0. The fraction of sp³-hybridized carbons (Fsp3) is 0.545. The van der Waals surface area contributed by atoms with E-state index in [4.69, 9.17) is 4.74 Å². The van der Waals surface area contributed by atoms with Crippen molar-refractivity contribution in [2.24, 2.45) is 5.92 Å². The molecule has 0 spiro atoms. The van der Waals surface area contributed by atoms with Crippen LogP contribution in [0.4, 0.5) is 10.5 Å². The Morgan fingerprint density at radius 2 is 1.93 bits per heavy atom. The topological polar surface area (TPSA) is 82.0 Å². The quantitative estimate of drug-likeness (QED) is 0.295. The van der Waals surface area contributed by atoms with Gasteiger partial charge >= 0.3 is 6.03 Å². The van der Waals surface area contributed by atoms with E-state index in [2.05, 4.69) is 64.7 Å². The summed E-state index contributed by atoms with van der Waals surface area (Å²) in [5.41, 5.74) is 8.62. The van der Waals surface area contributed by atoms with E-state index in [9.17, 15) is 9.90 Å². The lowest BCUT2D eigenvalue weighted by atomic mass is 9.81. The first-order valence-electron chi connectivity index (χ1n) is 15.6. The molecule has 4 bridgehead atoms. The van der Waals surface area contributed by atoms with Gasteiger partial charge in [-0.25, -0.2) is 4.79 Å². The number of ether oxygens (including phenoxy) is 1. The lowest BCUT2D eigenvalue weighted by Crippen LogP contribution is -2.65. The van der Waals surface area contributed by atoms with Crippen molar-refractivity contribution in [3.8, 4) is 17.0 Å². The Kier molecular flexibility index (Phi) is 8.46. The van der Waals surface area contributed by atoms with Crippen molar-refractivity contribution >= 4 is 34.6 Å². The summed E-state index contributed by atoms with van der Waals surface area (Å²) in [4.78, 5) is 15.7. The molecule has 3 N–H and O–H groups in total. The van der Waals surface area contributed by atoms with E-state index in [0.717, 1.165) is 29.3 Å². The Bertz CT molecular complexity index is 1440. The Morgan fingerprint density at radius 1 is 1.14 bits per heavy atom. The van der Waals surface area contributed by atoms with Crippen LogP contribution in [0.2, 0.25) is 0 Å². The third kappa shape index (κ3) is 5.41. The van der Waals surface area contributed by atoms with Crippen LogP contribution in [0.25, 0.3) is 22.2 Å². The van der Waals surface area contributed by atoms with Gasteiger partial charge in [-0.3, -0.25) is 10.2 Å². The maximum Gasteiger partial charge on any atom is 0.349 e. The highest BCUT2D eigenvalue weighted by molar-refractivity contribution is 7.97. The van der Waals surface area contributed by atoms with Crippen molar-refractivity contribution in [3.05, 3.63) is 48.0 Å². The van der Waals surface area contributed by atoms with E-state index < -0.39 is 5.66 Å². The highest BCUT2D eigenvalue weighted by Gasteiger charge is 2.37. The van der Waals surface area contributed by atoms with Crippen molar-refractivity contribution in [1.29, 1.82) is 0 Å². The average Bonchev–Trinajstić information content (AvgIpc) is 3.29. The Balaban J connectivity index is 1.60. The van der Waals surface area contributed by atoms with Gasteiger partial charge in [-0.2, -0.15) is 9.84 Å². The van der Waals surface area contributed by atoms with Crippen LogP contribution in [0.3, 0.4) is 0 Å². The molecule has 1 aliphatic carbocycles. The molecule has 226 valence electrons. The highest BCUT2D eigenvalue weighted by atomic mass is 32.2. The molecule has 3 aliphatic rings. The number of benzene rings is 2. The molecule has 3 atom stereocenters. The average molecular weight is 592 g/mol. The van der Waals surface area contributed by atoms with Crippen LogP contribution in [0.5, 0.6) is 5.75 Å². The molecule has 0 radical (unpaired) electrons. The van der Waals surface area contributed by atoms with Crippen molar-refractivity contribution in [2.45, 2.75) is 83.5 Å². The molecule has 2 unspecified atom stereocenters. The molecule has 2 amide bonds. The number of hydrogen-bond donors (Lipinski definition) is 3. The van der Waals surface area contributed by atoms with Crippen molar-refractivity contribution < 1.29 is 14.6 Å². The van der Waals surface area contributed by atoms with Gasteiger partial charge in [0.2, 0.25) is 0 Å². The maximum absolute atomic E-state index is 14.0. The SMILES string of the molecule is CCSN1NC(C)(CCO)NC(C)[C@@H]2COc3ccccc3-c3c(C4CCCCC4)c4ccc(cc4n3C2)N(C)C1=O. The molecular formula is C33H45N5O3S. The van der Waals surface area contributed by atoms with Crippen LogP contribution >= 0.6 is 11.9 Å². The lowest BCUT2D eigenvalue weighted by molar-refractivity contribution is 0.104. The van der Waals surface area contributed by atoms with Crippen LogP contribution < -0.4 is 20.4 Å². The second-order valence-electron chi connectivity index (χ2n) is 12.4. The first kappa shape index (κ1) is 29.4. The largest absolute Gasteiger partial charge is 0.492 e. The molecular weight excluding hydrogens is 546 g/mol. The standard InChI is InChI=1S/C33H45N5O3S/c1-5-42-38-32(40)36(4)25-15-16-26-28(19-25)37-20-24(22(2)34-33(3,35-38)17-18-39)21-41-29-14-10-9-13-27(29)31(37)30(26)23-11-7-6-8-12-23/h9-10,13-16,19,22-24,34-35,39H,5-8,11-12,17-18,20-21H2,1-4H3/t22?,24-,33?/m0/s1. The molecule has 1 fully saturated rings. The van der Waals surface area contributed by atoms with Gasteiger partial charge in [-0.1, -0.05) is 44.4 Å². The molecule has 3 aromatic rings. The fourth-order valence-electron chi connectivity index (χ4n) is 7.17. The molecule has 3 heterocycles. The summed E-state index contributed by atoms with van der Waals surface area (Å²) in [5.74, 6) is 2.28. The molecule has 0 saturated heterocycles. The minimum atomic E-state index is -0.720. The number of aliphatic hydroxyl groups excluding tert-OH is 1. The van der Waals surface area contributed by atoms with Gasteiger partial charge in [0.15, 0.2) is 0 Å². The minimum absolute atomic E-state index is 0.0136. The number of rotatable bonds is 5. The third-order valence-corrected chi connectivity index (χ3v) is 10.2. The number of aromatic nitrogens is 1. The van der Waals surface area contributed by atoms with Crippen LogP contribution in [0.1, 0.15) is 70.8 Å². The number of nitrogens with one attached hydrogen (secondary N) is 2. The number of urea groups is 1. The van der Waals surface area contributed by atoms with E-state index in [1.165, 1.54) is 66.2 Å². The van der Waals surface area contributed by atoms with E-state index in [1.54, 1.807) is 9.31 Å². The summed E-state index contributed by atoms with van der Waals surface area (Å²) in [6.45, 7) is 7.58. The number of nitrogens with zero attached hydrogens (tertiary/aromatic N) is 3. The molecule has 2 aliphatic heterocycles. The smallest absolute Gasteiger partial charge is 0.349 e. The molecule has 1 aromatic heterocycles. The van der Waals surface area contributed by atoms with E-state index in [1.807, 2.05) is 20.9 Å². The number of anilines is 1. The zero-order valence-corrected chi connectivity index (χ0v) is 26.2. The number of amides is 2. The molecule has 6 rings (SSSR count). The number of para-hydroxylation sites is 1. The summed E-state index contributed by atoms with van der Waals surface area (Å²) in [7, 11) is 1.85. The van der Waals surface area contributed by atoms with E-state index in [-0.39, 0.29) is 24.6 Å². The van der Waals surface area contributed by atoms with Crippen molar-refractivity contribution in [1.82, 2.24) is 19.7 Å². The molecule has 8 nitrogen and oxygen atoms in total. The summed E-state index contributed by atoms with van der Waals surface area (Å²) in [5, 5.41) is 15.1. The number of hydrazine groups is 1. The van der Waals surface area contributed by atoms with Crippen LogP contribution in [0.15, 0.2) is 42.5 Å². The predicted octanol–water partition coefficient (Wildman–Crippen LogP) is 6.49. The Hall–Kier alpha value is -2.72. The summed E-state index contributed by atoms with van der Waals surface area (Å²) in [6, 6.07) is 14.9. The zero-order valence-electron chi connectivity index (χ0n) is 25.4. The number of hydrogen-bond acceptors (Lipinski definition) is 6. The molecule has 9 heteroatoms. The number of carbonyl (C=O) groups is 1. The summed E-state index contributed by atoms with van der Waals surface area (Å²) < 4.78 is 10.8. The number of aliphatic hydroxyl groups is 1. The van der Waals surface area contributed by atoms with Gasteiger partial charge in [-0.15, -0.1) is 0 Å². The van der Waals surface area contributed by atoms with Crippen LogP contribution in [0, 0.1) is 5.92 Å². The lowest BCUT2D eigenvalue weighted by Gasteiger charge is -2.41. The normalized spacial score (nSPS) is 25.4. The zero-order chi connectivity index (χ0) is 29.4. The van der Waals surface area contributed by atoms with Crippen LogP contribution in [-0.2, 0) is 6.54 Å². The van der Waals surface area contributed by atoms with Crippen molar-refractivity contribution in [3.63, 3.8) is 0 Å². The third-order valence-electron chi connectivity index (χ3n) is 9.43. The fourth-order valence-corrected chi connectivity index (χ4v) is 7.93. The first-order valence-corrected chi connectivity index (χ1v) is 16.5. The Labute approximate surface area is 253 Å². The monoisotopic (exact) mass is 591 g/mol. The summed E-state index contributed by atoms with van der Waals surface area (Å²) in [6.07, 6.45) is 6.66. The van der Waals surface area contributed by atoms with Gasteiger partial charge in [0.1, 0.15) is 5.75 Å². The van der Waals surface area contributed by atoms with E-state index in [0.29, 0.717) is 18.9 Å². The Morgan fingerprint density at radius 3 is 2.69 bits per heavy atom. The van der Waals surface area contributed by atoms with Gasteiger partial charge in [-0.05, 0) is 74.4 Å². The predicted molar refractivity (Wildman–Crippen MR) is 172 cm³/mol. The van der Waals surface area contributed by atoms with E-state index >= 15 is 0 Å².